The van der Waals surface area contributed by atoms with Gasteiger partial charge in [-0.3, -0.25) is 9.78 Å². The second-order valence-electron chi connectivity index (χ2n) is 3.98. The van der Waals surface area contributed by atoms with Gasteiger partial charge in [-0.2, -0.15) is 0 Å². The molecule has 0 radical (unpaired) electrons. The van der Waals surface area contributed by atoms with Crippen LogP contribution in [0.3, 0.4) is 0 Å². The van der Waals surface area contributed by atoms with Crippen LogP contribution in [-0.2, 0) is 4.79 Å². The molecule has 1 aromatic heterocycles. The Hall–Kier alpha value is -1.63. The topological polar surface area (TPSA) is 51.2 Å². The van der Waals surface area contributed by atoms with Crippen molar-refractivity contribution in [2.75, 3.05) is 11.9 Å². The molecule has 1 amide bonds. The average molecular weight is 368 g/mol. The van der Waals surface area contributed by atoms with E-state index in [0.29, 0.717) is 11.4 Å². The molecule has 0 spiro atoms. The summed E-state index contributed by atoms with van der Waals surface area (Å²) in [4.78, 5) is 15.7. The molecule has 2 aromatic rings. The molecule has 0 aliphatic rings. The number of rotatable bonds is 4. The van der Waals surface area contributed by atoms with Crippen molar-refractivity contribution in [1.29, 1.82) is 0 Å². The number of aromatic nitrogens is 1. The Morgan fingerprint density at radius 3 is 2.74 bits per heavy atom. The molecular formula is C14H13IN2O2. The van der Waals surface area contributed by atoms with Gasteiger partial charge in [-0.1, -0.05) is 0 Å². The predicted octanol–water partition coefficient (Wildman–Crippen LogP) is 3.01. The standard InChI is InChI=1S/C14H13IN2O2/c1-10-6-7-16-8-13(10)17-14(18)9-19-12-4-2-11(15)3-5-12/h2-8H,9H2,1H3,(H,17,18). The summed E-state index contributed by atoms with van der Waals surface area (Å²) >= 11 is 2.22. The SMILES string of the molecule is Cc1ccncc1NC(=O)COc1ccc(I)cc1. The Balaban J connectivity index is 1.88. The molecule has 0 atom stereocenters. The number of ether oxygens (including phenoxy) is 1. The average Bonchev–Trinajstić information content (AvgIpc) is 2.41. The van der Waals surface area contributed by atoms with Gasteiger partial charge in [0, 0.05) is 9.77 Å². The van der Waals surface area contributed by atoms with Crippen LogP contribution in [0.4, 0.5) is 5.69 Å². The molecule has 0 aliphatic carbocycles. The molecule has 0 saturated carbocycles. The number of pyridine rings is 1. The van der Waals surface area contributed by atoms with Crippen LogP contribution in [-0.4, -0.2) is 17.5 Å². The minimum absolute atomic E-state index is 0.0189. The largest absolute Gasteiger partial charge is 0.484 e. The van der Waals surface area contributed by atoms with E-state index in [-0.39, 0.29) is 12.5 Å². The summed E-state index contributed by atoms with van der Waals surface area (Å²) in [5, 5.41) is 2.76. The molecule has 5 heteroatoms. The first-order valence-electron chi connectivity index (χ1n) is 5.74. The van der Waals surface area contributed by atoms with Crippen LogP contribution in [0.1, 0.15) is 5.56 Å². The zero-order chi connectivity index (χ0) is 13.7. The molecule has 1 heterocycles. The molecular weight excluding hydrogens is 355 g/mol. The molecule has 2 rings (SSSR count). The Labute approximate surface area is 125 Å². The maximum Gasteiger partial charge on any atom is 0.262 e. The first kappa shape index (κ1) is 13.8. The third-order valence-electron chi connectivity index (χ3n) is 2.50. The van der Waals surface area contributed by atoms with Crippen LogP contribution in [0.2, 0.25) is 0 Å². The van der Waals surface area contributed by atoms with Crippen molar-refractivity contribution in [2.24, 2.45) is 0 Å². The first-order valence-corrected chi connectivity index (χ1v) is 6.82. The van der Waals surface area contributed by atoms with Crippen LogP contribution >= 0.6 is 22.6 Å². The molecule has 0 fully saturated rings. The Kier molecular flexibility index (Phi) is 4.73. The fourth-order valence-electron chi connectivity index (χ4n) is 1.46. The first-order chi connectivity index (χ1) is 9.15. The van der Waals surface area contributed by atoms with Crippen molar-refractivity contribution in [3.63, 3.8) is 0 Å². The zero-order valence-corrected chi connectivity index (χ0v) is 12.5. The highest BCUT2D eigenvalue weighted by molar-refractivity contribution is 14.1. The lowest BCUT2D eigenvalue weighted by Gasteiger charge is -2.09. The maximum atomic E-state index is 11.7. The van der Waals surface area contributed by atoms with E-state index < -0.39 is 0 Å². The van der Waals surface area contributed by atoms with E-state index in [1.54, 1.807) is 12.4 Å². The highest BCUT2D eigenvalue weighted by Gasteiger charge is 2.05. The van der Waals surface area contributed by atoms with Gasteiger partial charge in [-0.25, -0.2) is 0 Å². The van der Waals surface area contributed by atoms with Crippen molar-refractivity contribution in [1.82, 2.24) is 4.98 Å². The van der Waals surface area contributed by atoms with Crippen LogP contribution in [0.25, 0.3) is 0 Å². The van der Waals surface area contributed by atoms with Gasteiger partial charge in [0.2, 0.25) is 0 Å². The van der Waals surface area contributed by atoms with Crippen molar-refractivity contribution in [3.8, 4) is 5.75 Å². The van der Waals surface area contributed by atoms with E-state index in [0.717, 1.165) is 9.13 Å². The van der Waals surface area contributed by atoms with Crippen molar-refractivity contribution in [2.45, 2.75) is 6.92 Å². The van der Waals surface area contributed by atoms with Gasteiger partial charge in [0.1, 0.15) is 5.75 Å². The van der Waals surface area contributed by atoms with E-state index in [4.69, 9.17) is 4.74 Å². The lowest BCUT2D eigenvalue weighted by Crippen LogP contribution is -2.20. The fourth-order valence-corrected chi connectivity index (χ4v) is 1.82. The molecule has 0 unspecified atom stereocenters. The van der Waals surface area contributed by atoms with E-state index >= 15 is 0 Å². The van der Waals surface area contributed by atoms with Crippen molar-refractivity contribution in [3.05, 3.63) is 51.9 Å². The number of halogens is 1. The van der Waals surface area contributed by atoms with E-state index in [1.165, 1.54) is 0 Å². The molecule has 1 aromatic carbocycles. The number of carbonyl (C=O) groups is 1. The van der Waals surface area contributed by atoms with Gasteiger partial charge in [-0.05, 0) is 65.4 Å². The molecule has 0 bridgehead atoms. The van der Waals surface area contributed by atoms with Crippen LogP contribution < -0.4 is 10.1 Å². The molecule has 0 aliphatic heterocycles. The fraction of sp³-hybridized carbons (Fsp3) is 0.143. The van der Waals surface area contributed by atoms with E-state index in [1.807, 2.05) is 37.3 Å². The minimum atomic E-state index is -0.199. The van der Waals surface area contributed by atoms with Crippen LogP contribution in [0.15, 0.2) is 42.7 Å². The van der Waals surface area contributed by atoms with E-state index in [9.17, 15) is 4.79 Å². The predicted molar refractivity (Wildman–Crippen MR) is 82.3 cm³/mol. The number of hydrogen-bond donors (Lipinski definition) is 1. The summed E-state index contributed by atoms with van der Waals surface area (Å²) in [5.41, 5.74) is 1.68. The van der Waals surface area contributed by atoms with E-state index in [2.05, 4.69) is 32.9 Å². The Morgan fingerprint density at radius 2 is 2.05 bits per heavy atom. The summed E-state index contributed by atoms with van der Waals surface area (Å²) in [6.07, 6.45) is 3.31. The van der Waals surface area contributed by atoms with Gasteiger partial charge < -0.3 is 10.1 Å². The monoisotopic (exact) mass is 368 g/mol. The summed E-state index contributed by atoms with van der Waals surface area (Å²) in [6.45, 7) is 1.90. The zero-order valence-electron chi connectivity index (χ0n) is 10.4. The minimum Gasteiger partial charge on any atom is -0.484 e. The van der Waals surface area contributed by atoms with Crippen molar-refractivity contribution < 1.29 is 9.53 Å². The normalized spacial score (nSPS) is 10.0. The van der Waals surface area contributed by atoms with Gasteiger partial charge in [0.15, 0.2) is 6.61 Å². The third-order valence-corrected chi connectivity index (χ3v) is 3.22. The molecule has 0 saturated heterocycles. The van der Waals surface area contributed by atoms with Gasteiger partial charge in [-0.15, -0.1) is 0 Å². The second kappa shape index (κ2) is 6.51. The highest BCUT2D eigenvalue weighted by atomic mass is 127. The summed E-state index contributed by atoms with van der Waals surface area (Å²) < 4.78 is 6.52. The number of nitrogens with zero attached hydrogens (tertiary/aromatic N) is 1. The molecule has 19 heavy (non-hydrogen) atoms. The summed E-state index contributed by atoms with van der Waals surface area (Å²) in [5.74, 6) is 0.480. The molecule has 98 valence electrons. The summed E-state index contributed by atoms with van der Waals surface area (Å²) in [6, 6.07) is 9.38. The van der Waals surface area contributed by atoms with Gasteiger partial charge in [0.25, 0.3) is 5.91 Å². The van der Waals surface area contributed by atoms with Gasteiger partial charge in [0.05, 0.1) is 11.9 Å². The lowest BCUT2D eigenvalue weighted by molar-refractivity contribution is -0.118. The third kappa shape index (κ3) is 4.20. The molecule has 4 nitrogen and oxygen atoms in total. The number of anilines is 1. The van der Waals surface area contributed by atoms with Crippen molar-refractivity contribution >= 4 is 34.2 Å². The van der Waals surface area contributed by atoms with Crippen LogP contribution in [0.5, 0.6) is 5.75 Å². The highest BCUT2D eigenvalue weighted by Crippen LogP contribution is 2.14. The number of hydrogen-bond acceptors (Lipinski definition) is 3. The summed E-state index contributed by atoms with van der Waals surface area (Å²) in [7, 11) is 0. The van der Waals surface area contributed by atoms with Crippen LogP contribution in [0, 0.1) is 10.5 Å². The second-order valence-corrected chi connectivity index (χ2v) is 5.23. The Bertz CT molecular complexity index is 570. The molecule has 1 N–H and O–H groups in total. The smallest absolute Gasteiger partial charge is 0.262 e. The van der Waals surface area contributed by atoms with Gasteiger partial charge >= 0.3 is 0 Å². The maximum absolute atomic E-state index is 11.7. The number of amides is 1. The lowest BCUT2D eigenvalue weighted by atomic mass is 10.2. The Morgan fingerprint density at radius 1 is 1.32 bits per heavy atom. The quantitative estimate of drug-likeness (QED) is 0.845. The number of benzene rings is 1. The number of carbonyl (C=O) groups excluding carboxylic acids is 1. The number of nitrogens with one attached hydrogen (secondary N) is 1. The number of aryl methyl sites for hydroxylation is 1.